The molecular formula is C19H22Cl2N2O3. The van der Waals surface area contributed by atoms with Gasteiger partial charge in [-0.25, -0.2) is 9.59 Å². The fraction of sp³-hybridized carbons (Fsp3) is 0.474. The Labute approximate surface area is 163 Å². The third-order valence-corrected chi connectivity index (χ3v) is 5.67. The average molecular weight is 397 g/mol. The first-order valence-corrected chi connectivity index (χ1v) is 9.55. The second kappa shape index (κ2) is 7.89. The lowest BCUT2D eigenvalue weighted by Crippen LogP contribution is -2.45. The number of carbonyl (C=O) groups is 2. The Morgan fingerprint density at radius 2 is 2.00 bits per heavy atom. The van der Waals surface area contributed by atoms with Gasteiger partial charge in [-0.05, 0) is 49.8 Å². The zero-order valence-electron chi connectivity index (χ0n) is 14.8. The number of allylic oxidation sites excluding steroid dienone is 1. The first kappa shape index (κ1) is 19.1. The molecule has 0 saturated heterocycles. The third kappa shape index (κ3) is 4.15. The van der Waals surface area contributed by atoms with Gasteiger partial charge >= 0.3 is 12.0 Å². The lowest BCUT2D eigenvalue weighted by molar-refractivity contribution is -0.146. The Bertz CT molecular complexity index is 763. The molecule has 0 radical (unpaired) electrons. The van der Waals surface area contributed by atoms with Gasteiger partial charge in [-0.3, -0.25) is 0 Å². The molecule has 1 aliphatic carbocycles. The maximum absolute atomic E-state index is 12.9. The molecule has 0 aromatic heterocycles. The van der Waals surface area contributed by atoms with Crippen LogP contribution in [0.5, 0.6) is 0 Å². The number of amides is 2. The van der Waals surface area contributed by atoms with E-state index in [1.165, 1.54) is 6.42 Å². The molecule has 1 aliphatic heterocycles. The molecule has 2 aliphatic rings. The van der Waals surface area contributed by atoms with Crippen LogP contribution in [0.3, 0.4) is 0 Å². The van der Waals surface area contributed by atoms with Crippen LogP contribution in [-0.2, 0) is 9.53 Å². The van der Waals surface area contributed by atoms with Crippen LogP contribution in [0.4, 0.5) is 4.79 Å². The minimum absolute atomic E-state index is 0.0846. The maximum Gasteiger partial charge on any atom is 0.338 e. The fourth-order valence-electron chi connectivity index (χ4n) is 3.61. The summed E-state index contributed by atoms with van der Waals surface area (Å²) in [5.41, 5.74) is 1.55. The van der Waals surface area contributed by atoms with Crippen LogP contribution >= 0.6 is 23.2 Å². The molecule has 1 saturated carbocycles. The van der Waals surface area contributed by atoms with Gasteiger partial charge in [0, 0.05) is 5.70 Å². The molecule has 0 unspecified atom stereocenters. The van der Waals surface area contributed by atoms with Crippen LogP contribution in [0.25, 0.3) is 0 Å². The predicted octanol–water partition coefficient (Wildman–Crippen LogP) is 4.74. The monoisotopic (exact) mass is 396 g/mol. The first-order chi connectivity index (χ1) is 12.3. The molecule has 1 aromatic rings. The van der Waals surface area contributed by atoms with E-state index < -0.39 is 12.0 Å². The fourth-order valence-corrected chi connectivity index (χ4v) is 3.91. The van der Waals surface area contributed by atoms with Crippen molar-refractivity contribution < 1.29 is 14.3 Å². The Morgan fingerprint density at radius 1 is 1.23 bits per heavy atom. The van der Waals surface area contributed by atoms with Crippen molar-refractivity contribution in [3.05, 3.63) is 45.1 Å². The third-order valence-electron chi connectivity index (χ3n) is 4.93. The van der Waals surface area contributed by atoms with Crippen molar-refractivity contribution in [1.82, 2.24) is 10.6 Å². The second-order valence-corrected chi connectivity index (χ2v) is 7.86. The number of halogens is 2. The summed E-state index contributed by atoms with van der Waals surface area (Å²) in [6, 6.07) is 4.04. The molecule has 0 spiro atoms. The van der Waals surface area contributed by atoms with Crippen molar-refractivity contribution in [2.24, 2.45) is 5.92 Å². The molecular weight excluding hydrogens is 375 g/mol. The van der Waals surface area contributed by atoms with E-state index in [1.807, 2.05) is 0 Å². The lowest BCUT2D eigenvalue weighted by atomic mass is 9.88. The van der Waals surface area contributed by atoms with E-state index in [2.05, 4.69) is 17.6 Å². The summed E-state index contributed by atoms with van der Waals surface area (Å²) in [4.78, 5) is 24.8. The largest absolute Gasteiger partial charge is 0.459 e. The van der Waals surface area contributed by atoms with Gasteiger partial charge in [0.1, 0.15) is 6.10 Å². The number of rotatable bonds is 3. The van der Waals surface area contributed by atoms with E-state index in [4.69, 9.17) is 27.9 Å². The van der Waals surface area contributed by atoms with Crippen LogP contribution in [-0.4, -0.2) is 18.1 Å². The topological polar surface area (TPSA) is 67.4 Å². The number of ether oxygens (including phenoxy) is 1. The van der Waals surface area contributed by atoms with Crippen LogP contribution in [0.2, 0.25) is 10.0 Å². The molecule has 2 N–H and O–H groups in total. The molecule has 26 heavy (non-hydrogen) atoms. The van der Waals surface area contributed by atoms with Gasteiger partial charge in [0.15, 0.2) is 0 Å². The van der Waals surface area contributed by atoms with Crippen molar-refractivity contribution in [2.75, 3.05) is 0 Å². The van der Waals surface area contributed by atoms with Gasteiger partial charge in [0.05, 0.1) is 21.7 Å². The van der Waals surface area contributed by atoms with Gasteiger partial charge in [-0.15, -0.1) is 0 Å². The molecule has 3 rings (SSSR count). The van der Waals surface area contributed by atoms with E-state index in [0.717, 1.165) is 19.3 Å². The van der Waals surface area contributed by atoms with Gasteiger partial charge in [-0.1, -0.05) is 42.6 Å². The highest BCUT2D eigenvalue weighted by Gasteiger charge is 2.34. The van der Waals surface area contributed by atoms with Crippen molar-refractivity contribution in [1.29, 1.82) is 0 Å². The number of benzene rings is 1. The van der Waals surface area contributed by atoms with Gasteiger partial charge in [0.2, 0.25) is 0 Å². The standard InChI is InChI=1S/C19H22Cl2N2O3/c1-10-4-3-5-13(8-10)26-18(24)16-11(2)22-19(25)23-17(16)12-6-7-14(20)15(21)9-12/h6-7,9-10,13,17H,3-5,8H2,1-2H3,(H2,22,23,25)/t10-,13-,17-/m1/s1. The van der Waals surface area contributed by atoms with E-state index in [1.54, 1.807) is 25.1 Å². The number of carbonyl (C=O) groups excluding carboxylic acids is 2. The zero-order valence-corrected chi connectivity index (χ0v) is 16.3. The average Bonchev–Trinajstić information content (AvgIpc) is 2.56. The molecule has 0 bridgehead atoms. The molecule has 1 aromatic carbocycles. The molecule has 1 fully saturated rings. The van der Waals surface area contributed by atoms with E-state index in [0.29, 0.717) is 32.8 Å². The minimum atomic E-state index is -0.632. The van der Waals surface area contributed by atoms with Gasteiger partial charge in [-0.2, -0.15) is 0 Å². The minimum Gasteiger partial charge on any atom is -0.459 e. The Morgan fingerprint density at radius 3 is 2.69 bits per heavy atom. The summed E-state index contributed by atoms with van der Waals surface area (Å²) in [5.74, 6) is 0.136. The number of hydrogen-bond donors (Lipinski definition) is 2. The number of urea groups is 1. The summed E-state index contributed by atoms with van der Waals surface area (Å²) in [6.07, 6.45) is 3.88. The van der Waals surface area contributed by atoms with Crippen LogP contribution in [0, 0.1) is 5.92 Å². The van der Waals surface area contributed by atoms with Gasteiger partial charge in [0.25, 0.3) is 0 Å². The van der Waals surface area contributed by atoms with Crippen molar-refractivity contribution in [3.63, 3.8) is 0 Å². The Hall–Kier alpha value is -1.72. The highest BCUT2D eigenvalue weighted by atomic mass is 35.5. The summed E-state index contributed by atoms with van der Waals surface area (Å²) in [5, 5.41) is 6.21. The quantitative estimate of drug-likeness (QED) is 0.724. The molecule has 7 heteroatoms. The Balaban J connectivity index is 1.87. The summed E-state index contributed by atoms with van der Waals surface area (Å²) >= 11 is 12.1. The van der Waals surface area contributed by atoms with Crippen LogP contribution in [0.15, 0.2) is 29.5 Å². The zero-order chi connectivity index (χ0) is 18.8. The molecule has 1 heterocycles. The number of hydrogen-bond acceptors (Lipinski definition) is 3. The molecule has 140 valence electrons. The summed E-state index contributed by atoms with van der Waals surface area (Å²) < 4.78 is 5.77. The van der Waals surface area contributed by atoms with E-state index in [-0.39, 0.29) is 12.1 Å². The summed E-state index contributed by atoms with van der Waals surface area (Å²) in [6.45, 7) is 3.87. The second-order valence-electron chi connectivity index (χ2n) is 7.04. The highest BCUT2D eigenvalue weighted by Crippen LogP contribution is 2.33. The first-order valence-electron chi connectivity index (χ1n) is 8.79. The van der Waals surface area contributed by atoms with Crippen molar-refractivity contribution in [3.8, 4) is 0 Å². The summed E-state index contributed by atoms with van der Waals surface area (Å²) in [7, 11) is 0. The normalized spacial score (nSPS) is 26.2. The maximum atomic E-state index is 12.9. The van der Waals surface area contributed by atoms with E-state index in [9.17, 15) is 9.59 Å². The van der Waals surface area contributed by atoms with Crippen molar-refractivity contribution in [2.45, 2.75) is 51.7 Å². The van der Waals surface area contributed by atoms with Crippen LogP contribution < -0.4 is 10.6 Å². The number of esters is 1. The van der Waals surface area contributed by atoms with Crippen molar-refractivity contribution >= 4 is 35.2 Å². The smallest absolute Gasteiger partial charge is 0.338 e. The molecule has 5 nitrogen and oxygen atoms in total. The molecule has 3 atom stereocenters. The predicted molar refractivity (Wildman–Crippen MR) is 101 cm³/mol. The molecule has 2 amide bonds. The van der Waals surface area contributed by atoms with E-state index >= 15 is 0 Å². The highest BCUT2D eigenvalue weighted by molar-refractivity contribution is 6.42. The SMILES string of the molecule is CC1=C(C(=O)O[C@@H]2CCC[C@@H](C)C2)[C@@H](c2ccc(Cl)c(Cl)c2)NC(=O)N1. The number of nitrogens with one attached hydrogen (secondary N) is 2. The van der Waals surface area contributed by atoms with Gasteiger partial charge < -0.3 is 15.4 Å². The van der Waals surface area contributed by atoms with Crippen LogP contribution in [0.1, 0.15) is 51.1 Å². The lowest BCUT2D eigenvalue weighted by Gasteiger charge is -2.31. The Kier molecular flexibility index (Phi) is 5.78.